The van der Waals surface area contributed by atoms with Crippen molar-refractivity contribution in [1.29, 1.82) is 0 Å². The highest BCUT2D eigenvalue weighted by Gasteiger charge is 2.45. The fourth-order valence-corrected chi connectivity index (χ4v) is 7.61. The maximum absolute atomic E-state index is 12.4. The van der Waals surface area contributed by atoms with Gasteiger partial charge in [0, 0.05) is 25.8 Å². The van der Waals surface area contributed by atoms with Crippen molar-refractivity contribution in [2.75, 3.05) is 53.6 Å². The summed E-state index contributed by atoms with van der Waals surface area (Å²) in [4.78, 5) is 18.7. The molecular formula is C43H76N4O7S. The lowest BCUT2D eigenvalue weighted by molar-refractivity contribution is -0.924. The maximum atomic E-state index is 12.4. The van der Waals surface area contributed by atoms with Crippen LogP contribution in [0.15, 0.2) is 40.9 Å². The number of amides is 1. The number of hydrogen-bond acceptors (Lipinski definition) is 9. The number of rotatable bonds is 24. The van der Waals surface area contributed by atoms with Gasteiger partial charge in [-0.25, -0.2) is 18.2 Å². The van der Waals surface area contributed by atoms with Crippen LogP contribution in [-0.2, 0) is 27.0 Å². The summed E-state index contributed by atoms with van der Waals surface area (Å²) in [6.07, 6.45) is 23.7. The van der Waals surface area contributed by atoms with Crippen LogP contribution >= 0.6 is 0 Å². The first kappa shape index (κ1) is 48.6. The highest BCUT2D eigenvalue weighted by Crippen LogP contribution is 2.43. The van der Waals surface area contributed by atoms with E-state index in [0.29, 0.717) is 12.1 Å². The molecule has 0 spiro atoms. The Morgan fingerprint density at radius 2 is 1.44 bits per heavy atom. The Labute approximate surface area is 334 Å². The van der Waals surface area contributed by atoms with E-state index in [9.17, 15) is 9.90 Å². The minimum atomic E-state index is -3.92. The lowest BCUT2D eigenvalue weighted by Crippen LogP contribution is -2.44. The van der Waals surface area contributed by atoms with Crippen LogP contribution in [0.3, 0.4) is 0 Å². The zero-order chi connectivity index (χ0) is 40.8. The lowest BCUT2D eigenvalue weighted by atomic mass is 9.73. The number of oxazole rings is 1. The van der Waals surface area contributed by atoms with Crippen LogP contribution in [0.5, 0.6) is 0 Å². The second-order valence-electron chi connectivity index (χ2n) is 17.1. The molecule has 3 rings (SSSR count). The van der Waals surface area contributed by atoms with Gasteiger partial charge in [-0.05, 0) is 91.3 Å². The smallest absolute Gasteiger partial charge is 0.410 e. The van der Waals surface area contributed by atoms with E-state index in [2.05, 4.69) is 12.4 Å². The molecule has 1 heterocycles. The molecule has 2 N–H and O–H groups in total. The first-order chi connectivity index (χ1) is 26.0. The fourth-order valence-electron chi connectivity index (χ4n) is 7.61. The third-order valence-corrected chi connectivity index (χ3v) is 10.6. The number of nitrogens with one attached hydrogen (secondary N) is 1. The number of unbranched alkanes of at least 4 members (excludes halogenated alkanes) is 11. The highest BCUT2D eigenvalue weighted by molar-refractivity contribution is 7.84. The van der Waals surface area contributed by atoms with Crippen molar-refractivity contribution in [3.63, 3.8) is 0 Å². The zero-order valence-corrected chi connectivity index (χ0v) is 36.3. The van der Waals surface area contributed by atoms with Gasteiger partial charge < -0.3 is 33.5 Å². The molecule has 316 valence electrons. The molecule has 1 aromatic heterocycles. The number of quaternary nitrogens is 1. The average molecular weight is 793 g/mol. The first-order valence-electron chi connectivity index (χ1n) is 21.0. The van der Waals surface area contributed by atoms with E-state index in [4.69, 9.17) is 27.1 Å². The van der Waals surface area contributed by atoms with Crippen LogP contribution in [0.25, 0.3) is 0 Å². The van der Waals surface area contributed by atoms with E-state index in [0.717, 1.165) is 87.1 Å². The number of carbonyl (C=O) groups is 1. The number of benzene rings is 1. The Morgan fingerprint density at radius 1 is 0.927 bits per heavy atom. The number of ether oxygens (including phenoxy) is 1. The number of nitrogens with zero attached hydrogens (tertiary/aromatic N) is 3. The molecule has 0 saturated heterocycles. The van der Waals surface area contributed by atoms with Crippen LogP contribution in [0.2, 0.25) is 0 Å². The monoisotopic (exact) mass is 793 g/mol. The molecule has 0 radical (unpaired) electrons. The summed E-state index contributed by atoms with van der Waals surface area (Å²) in [5.74, 6) is 1.46. The molecule has 1 aliphatic rings. The molecule has 1 amide bonds. The molecule has 2 aromatic rings. The van der Waals surface area contributed by atoms with Crippen molar-refractivity contribution < 1.29 is 36.5 Å². The fraction of sp³-hybridized carbons (Fsp3) is 0.767. The highest BCUT2D eigenvalue weighted by atomic mass is 32.2. The molecule has 55 heavy (non-hydrogen) atoms. The van der Waals surface area contributed by atoms with Gasteiger partial charge in [0.05, 0.1) is 36.5 Å². The molecule has 0 bridgehead atoms. The predicted molar refractivity (Wildman–Crippen MR) is 221 cm³/mol. The normalized spacial score (nSPS) is 16.1. The molecule has 12 heteroatoms. The Balaban J connectivity index is 0.00000196. The van der Waals surface area contributed by atoms with Crippen molar-refractivity contribution in [1.82, 2.24) is 15.2 Å². The number of aromatic nitrogens is 1. The van der Waals surface area contributed by atoms with E-state index >= 15 is 0 Å². The SMILES string of the molecule is CNCCCCCCCCC[N+](C)(CCCCCCCCN(C)C(=O)OC(C)(C)C)Cc1cnc([C@](O)(c2ccccc2)C2CCCCC2)o1.CS(=O)(=O)[O-]. The van der Waals surface area contributed by atoms with Crippen molar-refractivity contribution in [3.8, 4) is 0 Å². The summed E-state index contributed by atoms with van der Waals surface area (Å²) in [5, 5.41) is 15.6. The first-order valence-corrected chi connectivity index (χ1v) is 22.8. The quantitative estimate of drug-likeness (QED) is 0.0606. The summed E-state index contributed by atoms with van der Waals surface area (Å²) in [7, 11) is 2.33. The van der Waals surface area contributed by atoms with Gasteiger partial charge >= 0.3 is 6.09 Å². The average Bonchev–Trinajstić information content (AvgIpc) is 3.59. The molecular weight excluding hydrogens is 717 g/mol. The van der Waals surface area contributed by atoms with Crippen LogP contribution < -0.4 is 5.32 Å². The van der Waals surface area contributed by atoms with E-state index in [1.165, 1.54) is 77.0 Å². The minimum absolute atomic E-state index is 0.113. The summed E-state index contributed by atoms with van der Waals surface area (Å²) in [6.45, 7) is 10.6. The van der Waals surface area contributed by atoms with Gasteiger partial charge in [0.2, 0.25) is 5.89 Å². The standard InChI is InChI=1S/C42H73N4O4.CH4O3S/c1-41(2,3)50-40(47)45(5)31-23-13-9-11-15-25-33-46(6,32-24-14-10-7-8-12-22-30-43-4)35-38-34-44-39(49-38)42(48,36-26-18-16-19-27-36)37-28-20-17-21-29-37;1-5(2,3)4/h16,18-19,26-27,34,37,43,48H,7-15,17,20-25,28-33,35H2,1-6H3;1H3,(H,2,3,4)/q+1;/p-1/t42-,46?;/m0./s1. The number of hydrogen-bond donors (Lipinski definition) is 2. The van der Waals surface area contributed by atoms with Crippen molar-refractivity contribution in [2.24, 2.45) is 5.92 Å². The molecule has 11 nitrogen and oxygen atoms in total. The van der Waals surface area contributed by atoms with Crippen LogP contribution in [0.4, 0.5) is 4.79 Å². The summed E-state index contributed by atoms with van der Waals surface area (Å²) in [5.41, 5.74) is -0.765. The largest absolute Gasteiger partial charge is 0.748 e. The van der Waals surface area contributed by atoms with Gasteiger partial charge in [-0.15, -0.1) is 0 Å². The Hall–Kier alpha value is -2.51. The second kappa shape index (κ2) is 25.0. The Bertz CT molecular complexity index is 1420. The van der Waals surface area contributed by atoms with Gasteiger partial charge in [-0.1, -0.05) is 94.5 Å². The van der Waals surface area contributed by atoms with Crippen molar-refractivity contribution in [2.45, 2.75) is 154 Å². The van der Waals surface area contributed by atoms with E-state index < -0.39 is 21.3 Å². The van der Waals surface area contributed by atoms with Crippen LogP contribution in [0, 0.1) is 5.92 Å². The van der Waals surface area contributed by atoms with E-state index in [1.54, 1.807) is 4.90 Å². The Kier molecular flexibility index (Phi) is 22.1. The molecule has 2 atom stereocenters. The molecule has 0 aliphatic heterocycles. The van der Waals surface area contributed by atoms with E-state index in [1.807, 2.05) is 71.4 Å². The summed E-state index contributed by atoms with van der Waals surface area (Å²) < 4.78 is 40.2. The van der Waals surface area contributed by atoms with Gasteiger partial charge in [-0.2, -0.15) is 0 Å². The maximum Gasteiger partial charge on any atom is 0.410 e. The van der Waals surface area contributed by atoms with Gasteiger partial charge in [0.25, 0.3) is 0 Å². The van der Waals surface area contributed by atoms with E-state index in [-0.39, 0.29) is 12.0 Å². The Morgan fingerprint density at radius 3 is 1.96 bits per heavy atom. The summed E-state index contributed by atoms with van der Waals surface area (Å²) >= 11 is 0. The lowest BCUT2D eigenvalue weighted by Gasteiger charge is -2.36. The number of carbonyl (C=O) groups excluding carboxylic acids is 1. The topological polar surface area (TPSA) is 145 Å². The van der Waals surface area contributed by atoms with Crippen molar-refractivity contribution >= 4 is 16.2 Å². The van der Waals surface area contributed by atoms with Crippen LogP contribution in [-0.4, -0.2) is 97.7 Å². The molecule has 1 aromatic carbocycles. The van der Waals surface area contributed by atoms with Gasteiger partial charge in [-0.3, -0.25) is 0 Å². The van der Waals surface area contributed by atoms with Gasteiger partial charge in [0.15, 0.2) is 11.4 Å². The molecule has 1 aliphatic carbocycles. The summed E-state index contributed by atoms with van der Waals surface area (Å²) in [6, 6.07) is 10.1. The van der Waals surface area contributed by atoms with Crippen LogP contribution in [0.1, 0.15) is 154 Å². The second-order valence-corrected chi connectivity index (χ2v) is 18.5. The minimum Gasteiger partial charge on any atom is -0.748 e. The molecule has 1 saturated carbocycles. The van der Waals surface area contributed by atoms with Gasteiger partial charge in [0.1, 0.15) is 12.1 Å². The predicted octanol–water partition coefficient (Wildman–Crippen LogP) is 8.76. The number of aliphatic hydroxyl groups is 1. The molecule has 1 fully saturated rings. The third kappa shape index (κ3) is 20.5. The zero-order valence-electron chi connectivity index (χ0n) is 35.5. The van der Waals surface area contributed by atoms with Crippen molar-refractivity contribution in [3.05, 3.63) is 53.7 Å². The third-order valence-electron chi connectivity index (χ3n) is 10.6. The molecule has 1 unspecified atom stereocenters.